The Balaban J connectivity index is 1.31. The maximum Gasteiger partial charge on any atom is 0.158 e. The first-order valence-corrected chi connectivity index (χ1v) is 27.3. The van der Waals surface area contributed by atoms with Gasteiger partial charge in [0.2, 0.25) is 0 Å². The van der Waals surface area contributed by atoms with Gasteiger partial charge in [0.05, 0.1) is 0 Å². The van der Waals surface area contributed by atoms with Crippen molar-refractivity contribution in [3.05, 3.63) is 327 Å². The first-order chi connectivity index (χ1) is 34.2. The van der Waals surface area contributed by atoms with Gasteiger partial charge in [0.15, 0.2) is 8.07 Å². The van der Waals surface area contributed by atoms with Crippen molar-refractivity contribution in [2.75, 3.05) is 0 Å². The lowest BCUT2D eigenvalue weighted by Gasteiger charge is -2.39. The van der Waals surface area contributed by atoms with Crippen LogP contribution >= 0.6 is 0 Å². The van der Waals surface area contributed by atoms with Crippen LogP contribution in [-0.4, -0.2) is 8.07 Å². The molecule has 0 heterocycles. The summed E-state index contributed by atoms with van der Waals surface area (Å²) in [6.07, 6.45) is 13.0. The minimum Gasteiger partial charge on any atom is -0.0790 e. The monoisotopic (exact) mass is 920 g/mol. The molecule has 1 aliphatic rings. The van der Waals surface area contributed by atoms with Gasteiger partial charge in [0.25, 0.3) is 0 Å². The van der Waals surface area contributed by atoms with Crippen LogP contribution in [0.15, 0.2) is 260 Å². The number of hydrogen-bond donors (Lipinski definition) is 0. The summed E-state index contributed by atoms with van der Waals surface area (Å²) in [6.45, 7) is 7.14. The molecule has 1 atom stereocenters. The molecule has 0 saturated heterocycles. The molecular formula is C69H64Si. The summed E-state index contributed by atoms with van der Waals surface area (Å²) >= 11 is 0. The normalized spacial score (nSPS) is 13.6. The third-order valence-electron chi connectivity index (χ3n) is 14.2. The molecule has 0 saturated carbocycles. The van der Waals surface area contributed by atoms with E-state index < -0.39 is 8.07 Å². The van der Waals surface area contributed by atoms with Gasteiger partial charge in [-0.05, 0) is 132 Å². The lowest BCUT2D eigenvalue weighted by Crippen LogP contribution is -2.69. The molecule has 0 aliphatic heterocycles. The molecule has 1 aliphatic carbocycles. The van der Waals surface area contributed by atoms with Crippen molar-refractivity contribution in [1.82, 2.24) is 0 Å². The van der Waals surface area contributed by atoms with E-state index in [4.69, 9.17) is 0 Å². The van der Waals surface area contributed by atoms with E-state index >= 15 is 0 Å². The molecule has 0 aromatic heterocycles. The quantitative estimate of drug-likeness (QED) is 0.0669. The molecule has 0 radical (unpaired) electrons. The Labute approximate surface area is 418 Å². The van der Waals surface area contributed by atoms with Gasteiger partial charge in [-0.25, -0.2) is 0 Å². The molecule has 0 spiro atoms. The van der Waals surface area contributed by atoms with Gasteiger partial charge in [-0.2, -0.15) is 0 Å². The number of hydrogen-bond acceptors (Lipinski definition) is 0. The highest BCUT2D eigenvalue weighted by Crippen LogP contribution is 2.40. The van der Waals surface area contributed by atoms with Gasteiger partial charge in [-0.3, -0.25) is 0 Å². The number of benzene rings is 9. The second-order valence-electron chi connectivity index (χ2n) is 20.7. The minimum absolute atomic E-state index is 0.0136. The molecule has 1 heteroatoms. The minimum atomic E-state index is -3.17. The van der Waals surface area contributed by atoms with Gasteiger partial charge in [-0.15, -0.1) is 0 Å². The summed E-state index contributed by atoms with van der Waals surface area (Å²) in [6, 6.07) is 89.9. The zero-order valence-electron chi connectivity index (χ0n) is 41.1. The predicted octanol–water partition coefficient (Wildman–Crippen LogP) is 14.6. The van der Waals surface area contributed by atoms with Crippen molar-refractivity contribution in [2.45, 2.75) is 64.8 Å². The van der Waals surface area contributed by atoms with E-state index in [9.17, 15) is 0 Å². The standard InChI is InChI=1S/C69H64Si/c1-69(2,3)64-34-35-65(51-64)70(66-45-58(36-52-22-10-4-11-23-52)42-59(46-66)37-53-24-12-5-13-25-53,67-47-60(38-54-26-14-6-15-27-54)43-61(48-67)39-55-28-16-7-17-29-55)68-49-62(40-56-30-18-8-19-31-56)44-63(50-68)41-57-32-20-9-21-33-57/h4-35,42-51,65H,36-41H2,1-3H3. The highest BCUT2D eigenvalue weighted by molar-refractivity contribution is 7.13. The fourth-order valence-corrected chi connectivity index (χ4v) is 16.4. The maximum atomic E-state index is 2.69. The van der Waals surface area contributed by atoms with Crippen LogP contribution in [-0.2, 0) is 38.5 Å². The Kier molecular flexibility index (Phi) is 14.0. The van der Waals surface area contributed by atoms with Crippen LogP contribution in [0.4, 0.5) is 0 Å². The molecule has 0 bridgehead atoms. The van der Waals surface area contributed by atoms with Gasteiger partial charge >= 0.3 is 0 Å². The summed E-state index contributed by atoms with van der Waals surface area (Å²) < 4.78 is 0. The summed E-state index contributed by atoms with van der Waals surface area (Å²) in [5, 5.41) is 4.41. The summed E-state index contributed by atoms with van der Waals surface area (Å²) in [4.78, 5) is 0. The SMILES string of the molecule is CC(C)(C)C1=CC([Si](c2cc(Cc3ccccc3)cc(Cc3ccccc3)c2)(c2cc(Cc3ccccc3)cc(Cc3ccccc3)c2)c2cc(Cc3ccccc3)cc(Cc3ccccc3)c2)C=C1. The Morgan fingerprint density at radius 1 is 0.300 bits per heavy atom. The smallest absolute Gasteiger partial charge is 0.0790 e. The van der Waals surface area contributed by atoms with Gasteiger partial charge in [-0.1, -0.05) is 276 Å². The lowest BCUT2D eigenvalue weighted by atomic mass is 9.87. The van der Waals surface area contributed by atoms with Crippen LogP contribution in [0.2, 0.25) is 5.54 Å². The average molecular weight is 921 g/mol. The van der Waals surface area contributed by atoms with E-state index in [1.807, 2.05) is 0 Å². The number of rotatable bonds is 16. The van der Waals surface area contributed by atoms with Crippen LogP contribution in [0.25, 0.3) is 0 Å². The molecule has 344 valence electrons. The fraction of sp³-hybridized carbons (Fsp3) is 0.159. The van der Waals surface area contributed by atoms with Gasteiger partial charge in [0, 0.05) is 5.54 Å². The van der Waals surface area contributed by atoms with E-state index in [1.54, 1.807) is 0 Å². The molecule has 9 aromatic carbocycles. The molecular weight excluding hydrogens is 857 g/mol. The predicted molar refractivity (Wildman–Crippen MR) is 300 cm³/mol. The van der Waals surface area contributed by atoms with Crippen molar-refractivity contribution in [3.8, 4) is 0 Å². The van der Waals surface area contributed by atoms with Crippen molar-refractivity contribution in [2.24, 2.45) is 5.41 Å². The molecule has 1 unspecified atom stereocenters. The molecule has 9 aromatic rings. The van der Waals surface area contributed by atoms with Crippen molar-refractivity contribution >= 4 is 23.6 Å². The van der Waals surface area contributed by atoms with Crippen LogP contribution in [0.3, 0.4) is 0 Å². The second-order valence-corrected chi connectivity index (χ2v) is 24.7. The zero-order valence-corrected chi connectivity index (χ0v) is 42.1. The van der Waals surface area contributed by atoms with Crippen molar-refractivity contribution < 1.29 is 0 Å². The molecule has 0 nitrogen and oxygen atoms in total. The van der Waals surface area contributed by atoms with E-state index in [0.29, 0.717) is 0 Å². The lowest BCUT2D eigenvalue weighted by molar-refractivity contribution is 0.518. The van der Waals surface area contributed by atoms with Crippen LogP contribution in [0.5, 0.6) is 0 Å². The van der Waals surface area contributed by atoms with Crippen molar-refractivity contribution in [3.63, 3.8) is 0 Å². The Morgan fingerprint density at radius 2 is 0.529 bits per heavy atom. The topological polar surface area (TPSA) is 0 Å². The Bertz CT molecular complexity index is 2710. The first-order valence-electron chi connectivity index (χ1n) is 25.3. The third-order valence-corrected chi connectivity index (χ3v) is 19.2. The third kappa shape index (κ3) is 11.1. The van der Waals surface area contributed by atoms with E-state index in [2.05, 4.69) is 276 Å². The molecule has 0 N–H and O–H groups in total. The molecule has 0 amide bonds. The summed E-state index contributed by atoms with van der Waals surface area (Å²) in [7, 11) is -3.17. The highest BCUT2D eigenvalue weighted by Gasteiger charge is 2.47. The van der Waals surface area contributed by atoms with E-state index in [-0.39, 0.29) is 11.0 Å². The number of allylic oxidation sites excluding steroid dienone is 4. The first kappa shape index (κ1) is 46.4. The van der Waals surface area contributed by atoms with Crippen LogP contribution in [0.1, 0.15) is 87.5 Å². The highest BCUT2D eigenvalue weighted by atomic mass is 28.3. The van der Waals surface area contributed by atoms with Gasteiger partial charge < -0.3 is 0 Å². The van der Waals surface area contributed by atoms with Gasteiger partial charge in [0.1, 0.15) is 0 Å². The maximum absolute atomic E-state index is 3.17. The zero-order chi connectivity index (χ0) is 47.8. The van der Waals surface area contributed by atoms with Crippen LogP contribution in [0, 0.1) is 5.41 Å². The largest absolute Gasteiger partial charge is 0.158 e. The fourth-order valence-electron chi connectivity index (χ4n) is 10.9. The van der Waals surface area contributed by atoms with E-state index in [1.165, 1.54) is 87.9 Å². The Hall–Kier alpha value is -7.32. The van der Waals surface area contributed by atoms with Crippen molar-refractivity contribution in [1.29, 1.82) is 0 Å². The summed E-state index contributed by atoms with van der Waals surface area (Å²) in [5.74, 6) is 0. The van der Waals surface area contributed by atoms with E-state index in [0.717, 1.165) is 38.5 Å². The average Bonchev–Trinajstić information content (AvgIpc) is 3.88. The molecule has 10 rings (SSSR count). The summed E-state index contributed by atoms with van der Waals surface area (Å²) in [5.41, 5.74) is 17.7. The second kappa shape index (κ2) is 21.1. The van der Waals surface area contributed by atoms with Crippen LogP contribution < -0.4 is 15.6 Å². The Morgan fingerprint density at radius 3 is 0.729 bits per heavy atom. The molecule has 0 fully saturated rings. The molecule has 70 heavy (non-hydrogen) atoms.